The molecule has 1 aliphatic rings. The summed E-state index contributed by atoms with van der Waals surface area (Å²) in [6.45, 7) is 19.4. The second-order valence-corrected chi connectivity index (χ2v) is 16.1. The summed E-state index contributed by atoms with van der Waals surface area (Å²) >= 11 is 0. The fraction of sp³-hybridized carbons (Fsp3) is 0.676. The lowest BCUT2D eigenvalue weighted by atomic mass is 9.95. The van der Waals surface area contributed by atoms with Crippen molar-refractivity contribution >= 4 is 24.2 Å². The van der Waals surface area contributed by atoms with E-state index >= 15 is 0 Å². The van der Waals surface area contributed by atoms with E-state index in [4.69, 9.17) is 18.6 Å². The van der Waals surface area contributed by atoms with Gasteiger partial charge < -0.3 is 39.5 Å². The van der Waals surface area contributed by atoms with Crippen LogP contribution in [0.4, 0.5) is 14.4 Å². The van der Waals surface area contributed by atoms with Crippen molar-refractivity contribution in [2.75, 3.05) is 19.6 Å². The van der Waals surface area contributed by atoms with Gasteiger partial charge >= 0.3 is 18.3 Å². The van der Waals surface area contributed by atoms with Crippen molar-refractivity contribution in [2.45, 2.75) is 137 Å². The van der Waals surface area contributed by atoms with Crippen molar-refractivity contribution in [1.29, 1.82) is 0 Å². The van der Waals surface area contributed by atoms with Crippen LogP contribution in [-0.4, -0.2) is 75.7 Å². The molecule has 284 valence electrons. The molecule has 3 N–H and O–H groups in total. The van der Waals surface area contributed by atoms with Gasteiger partial charge in [-0.3, -0.25) is 4.79 Å². The van der Waals surface area contributed by atoms with E-state index in [-0.39, 0.29) is 29.7 Å². The number of hydrogen-bond acceptors (Lipinski definition) is 10. The molecule has 1 aromatic carbocycles. The number of likely N-dealkylation sites (tertiary alicyclic amines) is 1. The Kier molecular flexibility index (Phi) is 14.3. The topological polar surface area (TPSA) is 174 Å². The molecule has 3 rings (SSSR count). The number of nitrogens with one attached hydrogen (secondary N) is 3. The number of aromatic nitrogens is 2. The number of ether oxygens (including phenoxy) is 3. The minimum atomic E-state index is -0.724. The van der Waals surface area contributed by atoms with Gasteiger partial charge in [-0.15, -0.1) is 10.2 Å². The molecule has 1 saturated heterocycles. The van der Waals surface area contributed by atoms with E-state index in [9.17, 15) is 19.2 Å². The van der Waals surface area contributed by atoms with E-state index in [1.165, 1.54) is 0 Å². The molecule has 1 fully saturated rings. The molecule has 0 bridgehead atoms. The van der Waals surface area contributed by atoms with Crippen LogP contribution < -0.4 is 16.0 Å². The molecular formula is C37H58N6O8. The zero-order valence-corrected chi connectivity index (χ0v) is 32.0. The highest BCUT2D eigenvalue weighted by atomic mass is 16.6. The summed E-state index contributed by atoms with van der Waals surface area (Å²) in [5.74, 6) is -0.114. The number of rotatable bonds is 12. The standard InChI is InChI=1S/C37H58N6O8/c1-24-14-16-25(17-15-24)23-28(39-29(44)26-18-21-43(22-19-26)34(47)51-37(8,9)10)31-42-41-30(48-31)27(40-33(46)50-36(5,6)7)13-11-12-20-38-32(45)49-35(2,3)4/h14-17,26-28H,11-13,18-23H2,1-10H3,(H,38,45)(H,39,44)(H,40,46)/t27-,28-/m0/s1. The summed E-state index contributed by atoms with van der Waals surface area (Å²) in [5, 5.41) is 17.4. The molecule has 0 saturated carbocycles. The third kappa shape index (κ3) is 15.2. The van der Waals surface area contributed by atoms with Gasteiger partial charge in [-0.2, -0.15) is 0 Å². The van der Waals surface area contributed by atoms with Gasteiger partial charge in [-0.25, -0.2) is 14.4 Å². The molecule has 14 heteroatoms. The molecule has 2 heterocycles. The molecule has 14 nitrogen and oxygen atoms in total. The molecule has 4 amide bonds. The first kappa shape index (κ1) is 41.1. The fourth-order valence-electron chi connectivity index (χ4n) is 5.31. The number of unbranched alkanes of at least 4 members (excludes halogenated alkanes) is 1. The Morgan fingerprint density at radius 2 is 1.33 bits per heavy atom. The van der Waals surface area contributed by atoms with Crippen LogP contribution in [0.5, 0.6) is 0 Å². The number of aryl methyl sites for hydroxylation is 1. The lowest BCUT2D eigenvalue weighted by Gasteiger charge is -2.33. The second-order valence-electron chi connectivity index (χ2n) is 16.1. The maximum atomic E-state index is 13.6. The molecule has 2 atom stereocenters. The van der Waals surface area contributed by atoms with Gasteiger partial charge in [-0.05, 0) is 107 Å². The lowest BCUT2D eigenvalue weighted by molar-refractivity contribution is -0.127. The first-order chi connectivity index (χ1) is 23.7. The van der Waals surface area contributed by atoms with E-state index in [1.54, 1.807) is 46.4 Å². The fourth-order valence-corrected chi connectivity index (χ4v) is 5.31. The Hall–Kier alpha value is -4.36. The summed E-state index contributed by atoms with van der Waals surface area (Å²) in [6.07, 6.45) is 1.47. The molecular weight excluding hydrogens is 656 g/mol. The van der Waals surface area contributed by atoms with Crippen LogP contribution in [0.25, 0.3) is 0 Å². The van der Waals surface area contributed by atoms with Crippen LogP contribution in [-0.2, 0) is 25.4 Å². The number of hydrogen-bond donors (Lipinski definition) is 3. The van der Waals surface area contributed by atoms with Crippen LogP contribution >= 0.6 is 0 Å². The Balaban J connectivity index is 1.74. The number of benzene rings is 1. The SMILES string of the molecule is Cc1ccc(C[C@H](NC(=O)C2CCN(C(=O)OC(C)(C)C)CC2)c2nnc([C@H](CCCCNC(=O)OC(C)(C)C)NC(=O)OC(C)(C)C)o2)cc1. The van der Waals surface area contributed by atoms with Crippen LogP contribution in [0.15, 0.2) is 28.7 Å². The smallest absolute Gasteiger partial charge is 0.410 e. The number of nitrogens with zero attached hydrogens (tertiary/aromatic N) is 3. The zero-order valence-electron chi connectivity index (χ0n) is 32.0. The molecule has 1 aromatic heterocycles. The van der Waals surface area contributed by atoms with E-state index < -0.39 is 41.1 Å². The number of amides is 4. The van der Waals surface area contributed by atoms with Crippen molar-refractivity contribution in [3.05, 3.63) is 47.2 Å². The van der Waals surface area contributed by atoms with Crippen molar-refractivity contribution in [2.24, 2.45) is 5.92 Å². The molecule has 0 unspecified atom stereocenters. The Morgan fingerprint density at radius 3 is 1.90 bits per heavy atom. The van der Waals surface area contributed by atoms with E-state index in [0.717, 1.165) is 11.1 Å². The van der Waals surface area contributed by atoms with Crippen LogP contribution in [0, 0.1) is 12.8 Å². The van der Waals surface area contributed by atoms with Crippen LogP contribution in [0.3, 0.4) is 0 Å². The van der Waals surface area contributed by atoms with Crippen LogP contribution in [0.2, 0.25) is 0 Å². The molecule has 0 radical (unpaired) electrons. The summed E-state index contributed by atoms with van der Waals surface area (Å²) in [7, 11) is 0. The molecule has 0 spiro atoms. The van der Waals surface area contributed by atoms with Crippen LogP contribution in [0.1, 0.15) is 129 Å². The number of carbonyl (C=O) groups excluding carboxylic acids is 4. The largest absolute Gasteiger partial charge is 0.444 e. The third-order valence-electron chi connectivity index (χ3n) is 7.73. The monoisotopic (exact) mass is 714 g/mol. The Bertz CT molecular complexity index is 1450. The highest BCUT2D eigenvalue weighted by Crippen LogP contribution is 2.26. The molecule has 2 aromatic rings. The van der Waals surface area contributed by atoms with Gasteiger partial charge in [0.1, 0.15) is 28.9 Å². The first-order valence-electron chi connectivity index (χ1n) is 17.8. The number of alkyl carbamates (subject to hydrolysis) is 2. The van der Waals surface area contributed by atoms with Gasteiger partial charge in [0, 0.05) is 32.0 Å². The van der Waals surface area contributed by atoms with Gasteiger partial charge in [0.05, 0.1) is 0 Å². The van der Waals surface area contributed by atoms with E-state index in [2.05, 4.69) is 26.1 Å². The van der Waals surface area contributed by atoms with Gasteiger partial charge in [0.15, 0.2) is 0 Å². The van der Waals surface area contributed by atoms with Crippen molar-refractivity contribution in [1.82, 2.24) is 31.0 Å². The third-order valence-corrected chi connectivity index (χ3v) is 7.73. The van der Waals surface area contributed by atoms with Crippen molar-refractivity contribution in [3.63, 3.8) is 0 Å². The highest BCUT2D eigenvalue weighted by Gasteiger charge is 2.33. The molecule has 51 heavy (non-hydrogen) atoms. The maximum absolute atomic E-state index is 13.6. The average molecular weight is 715 g/mol. The minimum absolute atomic E-state index is 0.170. The first-order valence-corrected chi connectivity index (χ1v) is 17.8. The second kappa shape index (κ2) is 17.7. The van der Waals surface area contributed by atoms with Gasteiger partial charge in [0.25, 0.3) is 0 Å². The lowest BCUT2D eigenvalue weighted by Crippen LogP contribution is -2.45. The van der Waals surface area contributed by atoms with E-state index in [0.29, 0.717) is 58.2 Å². The summed E-state index contributed by atoms with van der Waals surface area (Å²) in [5.41, 5.74) is 0.147. The van der Waals surface area contributed by atoms with Crippen molar-refractivity contribution in [3.8, 4) is 0 Å². The highest BCUT2D eigenvalue weighted by molar-refractivity contribution is 5.79. The predicted molar refractivity (Wildman–Crippen MR) is 191 cm³/mol. The van der Waals surface area contributed by atoms with E-state index in [1.807, 2.05) is 52.0 Å². The maximum Gasteiger partial charge on any atom is 0.410 e. The summed E-state index contributed by atoms with van der Waals surface area (Å²) < 4.78 is 22.5. The predicted octanol–water partition coefficient (Wildman–Crippen LogP) is 6.69. The summed E-state index contributed by atoms with van der Waals surface area (Å²) in [4.78, 5) is 52.7. The zero-order chi connectivity index (χ0) is 38.0. The van der Waals surface area contributed by atoms with Crippen molar-refractivity contribution < 1.29 is 37.8 Å². The Morgan fingerprint density at radius 1 is 0.784 bits per heavy atom. The normalized spacial score (nSPS) is 15.4. The minimum Gasteiger partial charge on any atom is -0.444 e. The van der Waals surface area contributed by atoms with Gasteiger partial charge in [-0.1, -0.05) is 29.8 Å². The van der Waals surface area contributed by atoms with Gasteiger partial charge in [0.2, 0.25) is 17.7 Å². The average Bonchev–Trinajstić information content (AvgIpc) is 3.49. The molecule has 0 aliphatic carbocycles. The Labute approximate surface area is 302 Å². The summed E-state index contributed by atoms with van der Waals surface area (Å²) in [6, 6.07) is 6.64. The quantitative estimate of drug-likeness (QED) is 0.159. The molecule has 1 aliphatic heterocycles. The number of piperidine rings is 1. The number of carbonyl (C=O) groups is 4.